The summed E-state index contributed by atoms with van der Waals surface area (Å²) in [6.45, 7) is 0. The quantitative estimate of drug-likeness (QED) is 0.166. The molecule has 0 radical (unpaired) electrons. The van der Waals surface area contributed by atoms with Gasteiger partial charge in [0, 0.05) is 21.8 Å². The van der Waals surface area contributed by atoms with E-state index in [-0.39, 0.29) is 17.4 Å². The highest BCUT2D eigenvalue weighted by molar-refractivity contribution is 7.99. The van der Waals surface area contributed by atoms with Gasteiger partial charge < -0.3 is 5.11 Å². The van der Waals surface area contributed by atoms with Crippen LogP contribution in [-0.4, -0.2) is 37.7 Å². The zero-order valence-electron chi connectivity index (χ0n) is 18.9. The predicted octanol–water partition coefficient (Wildman–Crippen LogP) is 5.69. The number of rotatable bonds is 7. The Morgan fingerprint density at radius 2 is 1.72 bits per heavy atom. The number of fused-ring (bicyclic) bond motifs is 1. The molecule has 5 rings (SSSR count). The number of amides is 1. The number of phenolic OH excluding ortho intramolecular Hbond substituents is 1. The number of hydrazone groups is 1. The molecule has 178 valence electrons. The number of hydrogen-bond donors (Lipinski definition) is 2. The van der Waals surface area contributed by atoms with Gasteiger partial charge in [0.05, 0.1) is 12.0 Å². The molecule has 0 aliphatic carbocycles. The molecule has 0 fully saturated rings. The topological polar surface area (TPSA) is 92.4 Å². The Kier molecular flexibility index (Phi) is 6.97. The van der Waals surface area contributed by atoms with Crippen LogP contribution in [0.4, 0.5) is 0 Å². The average Bonchev–Trinajstić information content (AvgIpc) is 3.33. The average molecular weight is 514 g/mol. The fourth-order valence-corrected chi connectivity index (χ4v) is 4.58. The Hall–Kier alpha value is -4.14. The van der Waals surface area contributed by atoms with Gasteiger partial charge in [-0.25, -0.2) is 5.43 Å². The van der Waals surface area contributed by atoms with Gasteiger partial charge in [0.25, 0.3) is 5.91 Å². The number of aromatic hydroxyl groups is 1. The van der Waals surface area contributed by atoms with Crippen LogP contribution < -0.4 is 5.43 Å². The number of hydrogen-bond acceptors (Lipinski definition) is 6. The third-order valence-electron chi connectivity index (χ3n) is 5.41. The molecule has 0 spiro atoms. The van der Waals surface area contributed by atoms with E-state index in [9.17, 15) is 9.90 Å². The number of carbonyl (C=O) groups is 1. The van der Waals surface area contributed by atoms with Gasteiger partial charge in [0.2, 0.25) is 0 Å². The summed E-state index contributed by atoms with van der Waals surface area (Å²) in [4.78, 5) is 12.5. The molecule has 0 saturated heterocycles. The highest BCUT2D eigenvalue weighted by atomic mass is 35.5. The summed E-state index contributed by atoms with van der Waals surface area (Å²) < 4.78 is 1.89. The van der Waals surface area contributed by atoms with Crippen molar-refractivity contribution in [1.82, 2.24) is 20.2 Å². The number of nitrogens with one attached hydrogen (secondary N) is 1. The molecule has 0 aliphatic rings. The highest BCUT2D eigenvalue weighted by Gasteiger charge is 2.17. The third kappa shape index (κ3) is 5.10. The molecular weight excluding hydrogens is 494 g/mol. The van der Waals surface area contributed by atoms with Crippen LogP contribution in [-0.2, 0) is 4.79 Å². The van der Waals surface area contributed by atoms with Gasteiger partial charge in [-0.3, -0.25) is 9.36 Å². The van der Waals surface area contributed by atoms with Gasteiger partial charge in [0.15, 0.2) is 11.0 Å². The molecule has 0 unspecified atom stereocenters. The van der Waals surface area contributed by atoms with E-state index in [1.165, 1.54) is 18.0 Å². The molecule has 1 aromatic heterocycles. The predicted molar refractivity (Wildman–Crippen MR) is 144 cm³/mol. The van der Waals surface area contributed by atoms with Crippen LogP contribution >= 0.6 is 23.4 Å². The van der Waals surface area contributed by atoms with E-state index in [2.05, 4.69) is 20.7 Å². The number of thioether (sulfide) groups is 1. The lowest BCUT2D eigenvalue weighted by molar-refractivity contribution is -0.118. The first-order chi connectivity index (χ1) is 17.6. The summed E-state index contributed by atoms with van der Waals surface area (Å²) in [5.74, 6) is 0.498. The van der Waals surface area contributed by atoms with Crippen LogP contribution in [0.15, 0.2) is 101 Å². The van der Waals surface area contributed by atoms with Crippen LogP contribution in [0.1, 0.15) is 5.56 Å². The number of aromatic nitrogens is 3. The molecule has 0 saturated carbocycles. The molecule has 0 atom stereocenters. The van der Waals surface area contributed by atoms with E-state index in [1.807, 2.05) is 77.4 Å². The number of phenols is 1. The lowest BCUT2D eigenvalue weighted by Gasteiger charge is -2.10. The number of halogens is 1. The molecule has 2 N–H and O–H groups in total. The maximum Gasteiger partial charge on any atom is 0.250 e. The molecule has 7 nitrogen and oxygen atoms in total. The lowest BCUT2D eigenvalue weighted by atomic mass is 10.0. The summed E-state index contributed by atoms with van der Waals surface area (Å²) in [6.07, 6.45) is 1.45. The van der Waals surface area contributed by atoms with Crippen molar-refractivity contribution in [2.45, 2.75) is 5.16 Å². The van der Waals surface area contributed by atoms with E-state index in [0.717, 1.165) is 22.0 Å². The third-order valence-corrected chi connectivity index (χ3v) is 6.59. The largest absolute Gasteiger partial charge is 0.507 e. The highest BCUT2D eigenvalue weighted by Crippen LogP contribution is 2.29. The van der Waals surface area contributed by atoms with Crippen LogP contribution in [0.3, 0.4) is 0 Å². The van der Waals surface area contributed by atoms with E-state index in [1.54, 1.807) is 18.2 Å². The second-order valence-electron chi connectivity index (χ2n) is 7.79. The number of carbonyl (C=O) groups excluding carboxylic acids is 1. The normalized spacial score (nSPS) is 11.2. The summed E-state index contributed by atoms with van der Waals surface area (Å²) in [6, 6.07) is 28.1. The van der Waals surface area contributed by atoms with Crippen molar-refractivity contribution < 1.29 is 9.90 Å². The second-order valence-corrected chi connectivity index (χ2v) is 9.16. The van der Waals surface area contributed by atoms with E-state index >= 15 is 0 Å². The van der Waals surface area contributed by atoms with Crippen LogP contribution in [0.2, 0.25) is 5.02 Å². The molecule has 0 aliphatic heterocycles. The van der Waals surface area contributed by atoms with Crippen molar-refractivity contribution in [3.8, 4) is 22.8 Å². The molecule has 1 amide bonds. The minimum absolute atomic E-state index is 0.0688. The first kappa shape index (κ1) is 23.6. The SMILES string of the molecule is O=C(CSc1nnc(-c2ccccc2)n1-c1ccc(Cl)cc1)NN=Cc1c(O)ccc2ccccc12. The smallest absolute Gasteiger partial charge is 0.250 e. The van der Waals surface area contributed by atoms with Crippen molar-refractivity contribution in [1.29, 1.82) is 0 Å². The van der Waals surface area contributed by atoms with Crippen LogP contribution in [0.25, 0.3) is 27.8 Å². The van der Waals surface area contributed by atoms with Crippen molar-refractivity contribution in [2.24, 2.45) is 5.10 Å². The number of benzene rings is 4. The zero-order chi connectivity index (χ0) is 24.9. The maximum absolute atomic E-state index is 12.5. The first-order valence-corrected chi connectivity index (χ1v) is 12.4. The van der Waals surface area contributed by atoms with Gasteiger partial charge in [-0.15, -0.1) is 10.2 Å². The van der Waals surface area contributed by atoms with Gasteiger partial charge in [0.1, 0.15) is 5.75 Å². The Labute approximate surface area is 216 Å². The molecule has 4 aromatic carbocycles. The van der Waals surface area contributed by atoms with Gasteiger partial charge in [-0.1, -0.05) is 84.0 Å². The molecule has 36 heavy (non-hydrogen) atoms. The molecule has 0 bridgehead atoms. The molecule has 5 aromatic rings. The van der Waals surface area contributed by atoms with Gasteiger partial charge in [-0.2, -0.15) is 5.10 Å². The van der Waals surface area contributed by atoms with Gasteiger partial charge in [-0.05, 0) is 41.1 Å². The van der Waals surface area contributed by atoms with E-state index < -0.39 is 0 Å². The monoisotopic (exact) mass is 513 g/mol. The van der Waals surface area contributed by atoms with Gasteiger partial charge >= 0.3 is 0 Å². The van der Waals surface area contributed by atoms with Crippen molar-refractivity contribution in [3.05, 3.63) is 102 Å². The Morgan fingerprint density at radius 3 is 2.53 bits per heavy atom. The Bertz CT molecular complexity index is 1550. The summed E-state index contributed by atoms with van der Waals surface area (Å²) in [7, 11) is 0. The lowest BCUT2D eigenvalue weighted by Crippen LogP contribution is -2.20. The van der Waals surface area contributed by atoms with Crippen LogP contribution in [0, 0.1) is 0 Å². The number of nitrogens with zero attached hydrogens (tertiary/aromatic N) is 4. The summed E-state index contributed by atoms with van der Waals surface area (Å²) in [5, 5.41) is 26.0. The van der Waals surface area contributed by atoms with Crippen molar-refractivity contribution in [2.75, 3.05) is 5.75 Å². The second kappa shape index (κ2) is 10.6. The fourth-order valence-electron chi connectivity index (χ4n) is 3.71. The van der Waals surface area contributed by atoms with Crippen molar-refractivity contribution >= 4 is 46.3 Å². The molecule has 1 heterocycles. The van der Waals surface area contributed by atoms with Crippen molar-refractivity contribution in [3.63, 3.8) is 0 Å². The first-order valence-electron chi connectivity index (χ1n) is 11.0. The fraction of sp³-hybridized carbons (Fsp3) is 0.0370. The summed E-state index contributed by atoms with van der Waals surface area (Å²) >= 11 is 7.32. The Morgan fingerprint density at radius 1 is 0.972 bits per heavy atom. The standard InChI is InChI=1S/C27H20ClN5O2S/c28-20-11-13-21(14-12-20)33-26(19-7-2-1-3-8-19)31-32-27(33)36-17-25(35)30-29-16-23-22-9-5-4-6-18(22)10-15-24(23)34/h1-16,34H,17H2,(H,30,35). The minimum atomic E-state index is -0.317. The molecule has 9 heteroatoms. The maximum atomic E-state index is 12.5. The Balaban J connectivity index is 1.33. The minimum Gasteiger partial charge on any atom is -0.507 e. The van der Waals surface area contributed by atoms with Crippen LogP contribution in [0.5, 0.6) is 5.75 Å². The molecular formula is C27H20ClN5O2S. The summed E-state index contributed by atoms with van der Waals surface area (Å²) in [5.41, 5.74) is 4.79. The van der Waals surface area contributed by atoms with E-state index in [4.69, 9.17) is 11.6 Å². The van der Waals surface area contributed by atoms with E-state index in [0.29, 0.717) is 21.6 Å². The zero-order valence-corrected chi connectivity index (χ0v) is 20.4.